The second-order valence-electron chi connectivity index (χ2n) is 6.43. The summed E-state index contributed by atoms with van der Waals surface area (Å²) >= 11 is 0. The summed E-state index contributed by atoms with van der Waals surface area (Å²) in [7, 11) is 0. The Hall–Kier alpha value is -2.34. The van der Waals surface area contributed by atoms with E-state index in [0.717, 1.165) is 12.1 Å². The average molecular weight is 363 g/mol. The number of benzene rings is 2. The van der Waals surface area contributed by atoms with Crippen molar-refractivity contribution in [3.63, 3.8) is 0 Å². The summed E-state index contributed by atoms with van der Waals surface area (Å²) in [6.07, 6.45) is -3.00. The van der Waals surface area contributed by atoms with Crippen LogP contribution in [0.4, 0.5) is 13.2 Å². The molecule has 2 unspecified atom stereocenters. The molecule has 1 N–H and O–H groups in total. The highest BCUT2D eigenvalue weighted by Gasteiger charge is 2.31. The van der Waals surface area contributed by atoms with Crippen LogP contribution in [-0.2, 0) is 6.18 Å². The fraction of sp³-hybridized carbons (Fsp3) is 0.350. The molecule has 1 heterocycles. The third-order valence-electron chi connectivity index (χ3n) is 4.44. The van der Waals surface area contributed by atoms with Gasteiger partial charge in [-0.25, -0.2) is 0 Å². The first kappa shape index (κ1) is 18.5. The highest BCUT2D eigenvalue weighted by atomic mass is 19.4. The number of carbonyl (C=O) groups is 1. The number of piperidine rings is 1. The Labute approximate surface area is 150 Å². The Bertz CT molecular complexity index is 746. The molecule has 138 valence electrons. The summed E-state index contributed by atoms with van der Waals surface area (Å²) in [4.78, 5) is 12.3. The van der Waals surface area contributed by atoms with E-state index < -0.39 is 11.7 Å². The van der Waals surface area contributed by atoms with E-state index in [-0.39, 0.29) is 23.7 Å². The second-order valence-corrected chi connectivity index (χ2v) is 6.43. The minimum absolute atomic E-state index is 0.0443. The molecule has 0 bridgehead atoms. The third kappa shape index (κ3) is 4.85. The predicted molar refractivity (Wildman–Crippen MR) is 92.3 cm³/mol. The van der Waals surface area contributed by atoms with E-state index in [2.05, 4.69) is 5.32 Å². The van der Waals surface area contributed by atoms with Gasteiger partial charge < -0.3 is 10.1 Å². The first-order valence-corrected chi connectivity index (χ1v) is 8.57. The fourth-order valence-electron chi connectivity index (χ4n) is 3.13. The van der Waals surface area contributed by atoms with Crippen LogP contribution in [-0.4, -0.2) is 24.5 Å². The topological polar surface area (TPSA) is 38.3 Å². The zero-order valence-corrected chi connectivity index (χ0v) is 14.1. The molecule has 2 aromatic carbocycles. The molecule has 3 rings (SSSR count). The number of nitrogens with one attached hydrogen (secondary N) is 1. The second kappa shape index (κ2) is 7.91. The number of alkyl halides is 3. The molecule has 0 radical (unpaired) electrons. The lowest BCUT2D eigenvalue weighted by atomic mass is 9.95. The van der Waals surface area contributed by atoms with Crippen molar-refractivity contribution in [3.8, 4) is 5.75 Å². The standard InChI is InChI=1S/C20H20F3NO2/c21-20(22,23)15-7-4-8-17(11-15)26-18-9-10-24-16(12-18)13-19(25)14-5-2-1-3-6-14/h1-8,11,16,18,24H,9-10,12-13H2. The van der Waals surface area contributed by atoms with Crippen LogP contribution in [0.25, 0.3) is 0 Å². The van der Waals surface area contributed by atoms with Crippen molar-refractivity contribution in [1.82, 2.24) is 5.32 Å². The van der Waals surface area contributed by atoms with Crippen LogP contribution in [0.1, 0.15) is 35.2 Å². The molecule has 3 nitrogen and oxygen atoms in total. The van der Waals surface area contributed by atoms with Gasteiger partial charge in [0.05, 0.1) is 5.56 Å². The van der Waals surface area contributed by atoms with Crippen molar-refractivity contribution < 1.29 is 22.7 Å². The molecule has 0 amide bonds. The van der Waals surface area contributed by atoms with Gasteiger partial charge in [0.25, 0.3) is 0 Å². The maximum Gasteiger partial charge on any atom is 0.416 e. The van der Waals surface area contributed by atoms with E-state index >= 15 is 0 Å². The summed E-state index contributed by atoms with van der Waals surface area (Å²) in [5, 5.41) is 3.29. The van der Waals surface area contributed by atoms with Crippen LogP contribution >= 0.6 is 0 Å². The molecule has 2 atom stereocenters. The van der Waals surface area contributed by atoms with Crippen LogP contribution in [0.15, 0.2) is 54.6 Å². The lowest BCUT2D eigenvalue weighted by molar-refractivity contribution is -0.137. The van der Waals surface area contributed by atoms with E-state index in [1.807, 2.05) is 18.2 Å². The molecule has 6 heteroatoms. The summed E-state index contributed by atoms with van der Waals surface area (Å²) in [5.41, 5.74) is -0.0602. The van der Waals surface area contributed by atoms with Crippen LogP contribution in [0.5, 0.6) is 5.75 Å². The van der Waals surface area contributed by atoms with Gasteiger partial charge in [-0.05, 0) is 31.2 Å². The molecule has 1 saturated heterocycles. The lowest BCUT2D eigenvalue weighted by Gasteiger charge is -2.30. The van der Waals surface area contributed by atoms with Crippen molar-refractivity contribution in [2.45, 2.75) is 37.6 Å². The number of hydrogen-bond acceptors (Lipinski definition) is 3. The molecule has 26 heavy (non-hydrogen) atoms. The molecular weight excluding hydrogens is 343 g/mol. The van der Waals surface area contributed by atoms with Gasteiger partial charge in [-0.1, -0.05) is 36.4 Å². The summed E-state index contributed by atoms with van der Waals surface area (Å²) in [6, 6.07) is 13.9. The van der Waals surface area contributed by atoms with Crippen molar-refractivity contribution in [2.75, 3.05) is 6.54 Å². The van der Waals surface area contributed by atoms with E-state index in [4.69, 9.17) is 4.74 Å². The highest BCUT2D eigenvalue weighted by Crippen LogP contribution is 2.32. The number of Topliss-reactive ketones (excluding diaryl/α,β-unsaturated/α-hetero) is 1. The minimum atomic E-state index is -4.39. The van der Waals surface area contributed by atoms with Gasteiger partial charge in [0, 0.05) is 24.4 Å². The lowest BCUT2D eigenvalue weighted by Crippen LogP contribution is -2.43. The van der Waals surface area contributed by atoms with Gasteiger partial charge >= 0.3 is 6.18 Å². The monoisotopic (exact) mass is 363 g/mol. The van der Waals surface area contributed by atoms with Crippen molar-refractivity contribution in [1.29, 1.82) is 0 Å². The molecular formula is C20H20F3NO2. The molecule has 2 aromatic rings. The Kier molecular flexibility index (Phi) is 5.61. The Morgan fingerprint density at radius 1 is 1.12 bits per heavy atom. The van der Waals surface area contributed by atoms with E-state index in [1.165, 1.54) is 12.1 Å². The van der Waals surface area contributed by atoms with Gasteiger partial charge in [0.2, 0.25) is 0 Å². The fourth-order valence-corrected chi connectivity index (χ4v) is 3.13. The van der Waals surface area contributed by atoms with Gasteiger partial charge in [-0.2, -0.15) is 13.2 Å². The summed E-state index contributed by atoms with van der Waals surface area (Å²) in [6.45, 7) is 0.663. The molecule has 0 saturated carbocycles. The largest absolute Gasteiger partial charge is 0.490 e. The SMILES string of the molecule is O=C(CC1CC(Oc2cccc(C(F)(F)F)c2)CCN1)c1ccccc1. The normalized spacial score (nSPS) is 20.6. The number of hydrogen-bond donors (Lipinski definition) is 1. The molecule has 1 aliphatic heterocycles. The van der Waals surface area contributed by atoms with Crippen molar-refractivity contribution in [2.24, 2.45) is 0 Å². The smallest absolute Gasteiger partial charge is 0.416 e. The number of ether oxygens (including phenoxy) is 1. The van der Waals surface area contributed by atoms with Crippen LogP contribution in [0, 0.1) is 0 Å². The summed E-state index contributed by atoms with van der Waals surface area (Å²) in [5.74, 6) is 0.252. The quantitative estimate of drug-likeness (QED) is 0.796. The molecule has 1 aliphatic rings. The van der Waals surface area contributed by atoms with Gasteiger partial charge in [0.15, 0.2) is 5.78 Å². The zero-order chi connectivity index (χ0) is 18.6. The number of ketones is 1. The van der Waals surface area contributed by atoms with Crippen LogP contribution in [0.3, 0.4) is 0 Å². The van der Waals surface area contributed by atoms with E-state index in [1.54, 1.807) is 12.1 Å². The Morgan fingerprint density at radius 2 is 1.88 bits per heavy atom. The highest BCUT2D eigenvalue weighted by molar-refractivity contribution is 5.96. The molecule has 1 fully saturated rings. The number of rotatable bonds is 5. The Balaban J connectivity index is 1.60. The third-order valence-corrected chi connectivity index (χ3v) is 4.44. The maximum atomic E-state index is 12.8. The predicted octanol–water partition coefficient (Wildman–Crippen LogP) is 4.48. The van der Waals surface area contributed by atoms with Crippen LogP contribution < -0.4 is 10.1 Å². The first-order chi connectivity index (χ1) is 12.4. The molecule has 0 aliphatic carbocycles. The minimum Gasteiger partial charge on any atom is -0.490 e. The number of halogens is 3. The summed E-state index contributed by atoms with van der Waals surface area (Å²) < 4.78 is 44.2. The van der Waals surface area contributed by atoms with Crippen molar-refractivity contribution in [3.05, 3.63) is 65.7 Å². The van der Waals surface area contributed by atoms with E-state index in [0.29, 0.717) is 31.4 Å². The van der Waals surface area contributed by atoms with Gasteiger partial charge in [0.1, 0.15) is 11.9 Å². The maximum absolute atomic E-state index is 12.8. The first-order valence-electron chi connectivity index (χ1n) is 8.57. The van der Waals surface area contributed by atoms with Crippen molar-refractivity contribution >= 4 is 5.78 Å². The molecule has 0 aromatic heterocycles. The van der Waals surface area contributed by atoms with Gasteiger partial charge in [-0.3, -0.25) is 4.79 Å². The number of carbonyl (C=O) groups excluding carboxylic acids is 1. The Morgan fingerprint density at radius 3 is 2.62 bits per heavy atom. The zero-order valence-electron chi connectivity index (χ0n) is 14.1. The van der Waals surface area contributed by atoms with Gasteiger partial charge in [-0.15, -0.1) is 0 Å². The van der Waals surface area contributed by atoms with E-state index in [9.17, 15) is 18.0 Å². The molecule has 0 spiro atoms. The van der Waals surface area contributed by atoms with Crippen LogP contribution in [0.2, 0.25) is 0 Å². The average Bonchev–Trinajstić information content (AvgIpc) is 2.62.